The number of nitrogens with zero attached hydrogens (tertiary/aromatic N) is 3. The van der Waals surface area contributed by atoms with E-state index in [1.165, 1.54) is 11.3 Å². The molecule has 1 N–H and O–H groups in total. The van der Waals surface area contributed by atoms with Crippen LogP contribution < -0.4 is 10.2 Å². The van der Waals surface area contributed by atoms with Gasteiger partial charge in [0, 0.05) is 36.4 Å². The van der Waals surface area contributed by atoms with E-state index in [0.29, 0.717) is 23.1 Å². The number of carbonyl (C=O) groups is 1. The minimum Gasteiger partial charge on any atom is -0.375 e. The molecule has 0 unspecified atom stereocenters. The van der Waals surface area contributed by atoms with Crippen LogP contribution in [0.3, 0.4) is 0 Å². The maximum absolute atomic E-state index is 12.7. The Hall–Kier alpha value is -2.48. The molecule has 0 spiro atoms. The van der Waals surface area contributed by atoms with Crippen molar-refractivity contribution < 1.29 is 9.53 Å². The summed E-state index contributed by atoms with van der Waals surface area (Å²) in [7, 11) is 0. The number of halogens is 1. The van der Waals surface area contributed by atoms with Crippen molar-refractivity contribution in [2.45, 2.75) is 26.5 Å². The molecule has 1 aliphatic heterocycles. The van der Waals surface area contributed by atoms with Crippen LogP contribution in [0.4, 0.5) is 5.82 Å². The second-order valence-corrected chi connectivity index (χ2v) is 8.71. The largest absolute Gasteiger partial charge is 0.375 e. The van der Waals surface area contributed by atoms with E-state index in [-0.39, 0.29) is 12.0 Å². The molecular formula is C22H23ClN4O2S. The predicted octanol–water partition coefficient (Wildman–Crippen LogP) is 4.32. The van der Waals surface area contributed by atoms with Crippen molar-refractivity contribution in [1.29, 1.82) is 0 Å². The quantitative estimate of drug-likeness (QED) is 0.637. The molecule has 1 amide bonds. The maximum atomic E-state index is 12.7. The molecule has 6 nitrogen and oxygen atoms in total. The molecule has 0 radical (unpaired) electrons. The zero-order chi connectivity index (χ0) is 21.1. The average molecular weight is 443 g/mol. The highest BCUT2D eigenvalue weighted by Gasteiger charge is 2.18. The molecule has 1 saturated heterocycles. The number of morpholine rings is 1. The molecular weight excluding hydrogens is 420 g/mol. The van der Waals surface area contributed by atoms with Crippen molar-refractivity contribution in [2.24, 2.45) is 0 Å². The first kappa shape index (κ1) is 20.8. The zero-order valence-corrected chi connectivity index (χ0v) is 18.5. The van der Waals surface area contributed by atoms with E-state index in [1.54, 1.807) is 0 Å². The molecule has 0 saturated carbocycles. The number of thiazole rings is 1. The third-order valence-electron chi connectivity index (χ3n) is 4.92. The molecule has 1 aromatic carbocycles. The van der Waals surface area contributed by atoms with Crippen LogP contribution in [0.2, 0.25) is 5.02 Å². The third-order valence-corrected chi connectivity index (χ3v) is 6.38. The highest BCUT2D eigenvalue weighted by Crippen LogP contribution is 2.28. The van der Waals surface area contributed by atoms with Crippen LogP contribution in [0.1, 0.15) is 27.9 Å². The highest BCUT2D eigenvalue weighted by atomic mass is 35.5. The molecule has 3 heterocycles. The Morgan fingerprint density at radius 2 is 2.10 bits per heavy atom. The van der Waals surface area contributed by atoms with Gasteiger partial charge in [0.25, 0.3) is 5.91 Å². The lowest BCUT2D eigenvalue weighted by Gasteiger charge is -2.32. The third kappa shape index (κ3) is 4.80. The normalized spacial score (nSPS) is 16.5. The lowest BCUT2D eigenvalue weighted by Crippen LogP contribution is -2.41. The van der Waals surface area contributed by atoms with Crippen LogP contribution in [0, 0.1) is 6.92 Å². The number of benzene rings is 1. The number of ether oxygens (including phenoxy) is 1. The molecule has 1 fully saturated rings. The fourth-order valence-electron chi connectivity index (χ4n) is 3.32. The second kappa shape index (κ2) is 9.12. The van der Waals surface area contributed by atoms with Gasteiger partial charge < -0.3 is 15.0 Å². The molecule has 8 heteroatoms. The number of hydrogen-bond donors (Lipinski definition) is 1. The van der Waals surface area contributed by atoms with Gasteiger partial charge in [-0.05, 0) is 37.6 Å². The predicted molar refractivity (Wildman–Crippen MR) is 120 cm³/mol. The van der Waals surface area contributed by atoms with Gasteiger partial charge in [-0.15, -0.1) is 11.3 Å². The summed E-state index contributed by atoms with van der Waals surface area (Å²) in [5, 5.41) is 4.45. The Labute approximate surface area is 184 Å². The molecule has 2 aromatic heterocycles. The minimum atomic E-state index is -0.128. The molecule has 156 valence electrons. The summed E-state index contributed by atoms with van der Waals surface area (Å²) in [5.41, 5.74) is 2.62. The zero-order valence-electron chi connectivity index (χ0n) is 16.9. The number of aryl methyl sites for hydroxylation is 1. The number of anilines is 1. The van der Waals surface area contributed by atoms with Crippen molar-refractivity contribution in [1.82, 2.24) is 15.3 Å². The fourth-order valence-corrected chi connectivity index (χ4v) is 4.43. The fraction of sp³-hybridized carbons (Fsp3) is 0.318. The van der Waals surface area contributed by atoms with Crippen molar-refractivity contribution in [3.05, 3.63) is 63.8 Å². The van der Waals surface area contributed by atoms with Crippen LogP contribution in [-0.2, 0) is 11.3 Å². The Bertz CT molecular complexity index is 1020. The maximum Gasteiger partial charge on any atom is 0.263 e. The number of nitrogens with one attached hydrogen (secondary N) is 1. The summed E-state index contributed by atoms with van der Waals surface area (Å²) in [6, 6.07) is 11.5. The summed E-state index contributed by atoms with van der Waals surface area (Å²) in [6.45, 7) is 6.73. The van der Waals surface area contributed by atoms with Gasteiger partial charge in [-0.25, -0.2) is 9.97 Å². The first-order chi connectivity index (χ1) is 14.5. The lowest BCUT2D eigenvalue weighted by atomic mass is 10.2. The number of hydrogen-bond acceptors (Lipinski definition) is 6. The average Bonchev–Trinajstić information content (AvgIpc) is 3.14. The first-order valence-corrected chi connectivity index (χ1v) is 11.0. The van der Waals surface area contributed by atoms with Crippen LogP contribution >= 0.6 is 22.9 Å². The Balaban J connectivity index is 1.38. The van der Waals surface area contributed by atoms with E-state index in [2.05, 4.69) is 27.1 Å². The second-order valence-electron chi connectivity index (χ2n) is 7.28. The summed E-state index contributed by atoms with van der Waals surface area (Å²) < 4.78 is 5.58. The van der Waals surface area contributed by atoms with Gasteiger partial charge in [-0.1, -0.05) is 29.8 Å². The minimum absolute atomic E-state index is 0.128. The number of amides is 1. The molecule has 4 rings (SSSR count). The molecule has 1 aliphatic rings. The number of aromatic nitrogens is 2. The number of carbonyl (C=O) groups excluding carboxylic acids is 1. The molecule has 0 bridgehead atoms. The van der Waals surface area contributed by atoms with E-state index in [9.17, 15) is 4.79 Å². The van der Waals surface area contributed by atoms with E-state index >= 15 is 0 Å². The molecule has 0 aliphatic carbocycles. The molecule has 1 atom stereocenters. The Morgan fingerprint density at radius 3 is 2.80 bits per heavy atom. The summed E-state index contributed by atoms with van der Waals surface area (Å²) in [4.78, 5) is 24.6. The van der Waals surface area contributed by atoms with E-state index in [0.717, 1.165) is 40.7 Å². The van der Waals surface area contributed by atoms with Crippen molar-refractivity contribution in [3.63, 3.8) is 0 Å². The Morgan fingerprint density at radius 1 is 1.30 bits per heavy atom. The van der Waals surface area contributed by atoms with Gasteiger partial charge in [0.1, 0.15) is 15.7 Å². The summed E-state index contributed by atoms with van der Waals surface area (Å²) >= 11 is 7.33. The number of pyridine rings is 1. The standard InChI is InChI=1S/C22H23ClN4O2S/c1-14-13-27(9-10-29-14)19-8-3-16(11-24-19)12-25-21(28)20-15(2)26-22(30-20)17-4-6-18(23)7-5-17/h3-8,11,14H,9-10,12-13H2,1-2H3,(H,25,28)/t14-/m0/s1. The highest BCUT2D eigenvalue weighted by molar-refractivity contribution is 7.17. The monoisotopic (exact) mass is 442 g/mol. The molecule has 30 heavy (non-hydrogen) atoms. The van der Waals surface area contributed by atoms with Crippen LogP contribution in [0.25, 0.3) is 10.6 Å². The van der Waals surface area contributed by atoms with Gasteiger partial charge in [0.05, 0.1) is 18.4 Å². The van der Waals surface area contributed by atoms with Crippen molar-refractivity contribution >= 4 is 34.7 Å². The van der Waals surface area contributed by atoms with Crippen molar-refractivity contribution in [3.8, 4) is 10.6 Å². The van der Waals surface area contributed by atoms with Crippen LogP contribution in [0.5, 0.6) is 0 Å². The molecule has 3 aromatic rings. The van der Waals surface area contributed by atoms with Gasteiger partial charge >= 0.3 is 0 Å². The summed E-state index contributed by atoms with van der Waals surface area (Å²) in [5.74, 6) is 0.808. The number of rotatable bonds is 5. The van der Waals surface area contributed by atoms with E-state index in [1.807, 2.05) is 49.5 Å². The van der Waals surface area contributed by atoms with E-state index in [4.69, 9.17) is 16.3 Å². The SMILES string of the molecule is Cc1nc(-c2ccc(Cl)cc2)sc1C(=O)NCc1ccc(N2CCO[C@@H](C)C2)nc1. The van der Waals surface area contributed by atoms with Crippen LogP contribution in [-0.4, -0.2) is 41.7 Å². The smallest absolute Gasteiger partial charge is 0.263 e. The van der Waals surface area contributed by atoms with Gasteiger partial charge in [-0.2, -0.15) is 0 Å². The van der Waals surface area contributed by atoms with E-state index < -0.39 is 0 Å². The van der Waals surface area contributed by atoms with Gasteiger partial charge in [0.2, 0.25) is 0 Å². The van der Waals surface area contributed by atoms with Gasteiger partial charge in [0.15, 0.2) is 0 Å². The lowest BCUT2D eigenvalue weighted by molar-refractivity contribution is 0.0529. The van der Waals surface area contributed by atoms with Crippen LogP contribution in [0.15, 0.2) is 42.6 Å². The first-order valence-electron chi connectivity index (χ1n) is 9.82. The van der Waals surface area contributed by atoms with Crippen molar-refractivity contribution in [2.75, 3.05) is 24.6 Å². The summed E-state index contributed by atoms with van der Waals surface area (Å²) in [6.07, 6.45) is 2.02. The van der Waals surface area contributed by atoms with Gasteiger partial charge in [-0.3, -0.25) is 4.79 Å². The topological polar surface area (TPSA) is 67.4 Å². The Kier molecular flexibility index (Phi) is 6.32.